The lowest BCUT2D eigenvalue weighted by molar-refractivity contribution is 0.106. The summed E-state index contributed by atoms with van der Waals surface area (Å²) in [6, 6.07) is 5.10. The first-order valence-electron chi connectivity index (χ1n) is 7.70. The van der Waals surface area contributed by atoms with Crippen molar-refractivity contribution < 1.29 is 40.9 Å². The highest BCUT2D eigenvalue weighted by atomic mass is 35.5. The van der Waals surface area contributed by atoms with Gasteiger partial charge < -0.3 is 10.2 Å². The van der Waals surface area contributed by atoms with Crippen LogP contribution in [-0.2, 0) is 20.2 Å². The van der Waals surface area contributed by atoms with Gasteiger partial charge in [0.1, 0.15) is 16.4 Å². The molecule has 0 fully saturated rings. The largest absolute Gasteiger partial charge is 0.507 e. The number of phenols is 2. The van der Waals surface area contributed by atoms with Gasteiger partial charge in [-0.25, -0.2) is 0 Å². The van der Waals surface area contributed by atoms with E-state index in [-0.39, 0.29) is 16.5 Å². The van der Waals surface area contributed by atoms with Gasteiger partial charge in [0.2, 0.25) is 5.78 Å². The van der Waals surface area contributed by atoms with E-state index in [9.17, 15) is 36.4 Å². The molecule has 0 amide bonds. The van der Waals surface area contributed by atoms with E-state index >= 15 is 0 Å². The molecule has 158 valence electrons. The second-order valence-corrected chi connectivity index (χ2v) is 9.18. The van der Waals surface area contributed by atoms with E-state index in [2.05, 4.69) is 10.5 Å². The molecule has 2 aromatic carbocycles. The Morgan fingerprint density at radius 3 is 2.20 bits per heavy atom. The van der Waals surface area contributed by atoms with Crippen LogP contribution in [0, 0.1) is 0 Å². The molecule has 0 saturated heterocycles. The van der Waals surface area contributed by atoms with Gasteiger partial charge in [0, 0.05) is 11.1 Å². The number of halogens is 1. The Balaban J connectivity index is 2.21. The number of hydrogen-bond acceptors (Lipinski definition) is 9. The SMILES string of the molecule is O=C1C(=NNc2cc(Cl)ccc2O)C(S(=O)(=O)O)=Cc2cc(S(=O)(=O)O)cc(O)c21. The van der Waals surface area contributed by atoms with Crippen molar-refractivity contribution in [3.8, 4) is 11.5 Å². The van der Waals surface area contributed by atoms with E-state index in [1.807, 2.05) is 0 Å². The maximum Gasteiger partial charge on any atom is 0.296 e. The van der Waals surface area contributed by atoms with Crippen LogP contribution in [0.1, 0.15) is 15.9 Å². The number of fused-ring (bicyclic) bond motifs is 1. The van der Waals surface area contributed by atoms with Gasteiger partial charge in [-0.05, 0) is 35.9 Å². The number of nitrogens with zero attached hydrogens (tertiary/aromatic N) is 1. The molecule has 11 nitrogen and oxygen atoms in total. The summed E-state index contributed by atoms with van der Waals surface area (Å²) in [7, 11) is -9.84. The zero-order valence-electron chi connectivity index (χ0n) is 14.4. The van der Waals surface area contributed by atoms with Crippen LogP contribution in [0.25, 0.3) is 6.08 Å². The van der Waals surface area contributed by atoms with Gasteiger partial charge in [-0.3, -0.25) is 19.3 Å². The third-order valence-electron chi connectivity index (χ3n) is 3.91. The molecule has 0 atom stereocenters. The van der Waals surface area contributed by atoms with Crippen molar-refractivity contribution in [3.05, 3.63) is 51.4 Å². The zero-order valence-corrected chi connectivity index (χ0v) is 16.8. The average molecular weight is 475 g/mol. The normalized spacial score (nSPS) is 15.6. The van der Waals surface area contributed by atoms with Crippen LogP contribution in [0.5, 0.6) is 11.5 Å². The minimum absolute atomic E-state index is 0.103. The third kappa shape index (κ3) is 4.15. The summed E-state index contributed by atoms with van der Waals surface area (Å²) >= 11 is 5.79. The molecule has 5 N–H and O–H groups in total. The highest BCUT2D eigenvalue weighted by Gasteiger charge is 2.35. The van der Waals surface area contributed by atoms with E-state index < -0.39 is 58.4 Å². The van der Waals surface area contributed by atoms with E-state index in [0.29, 0.717) is 12.1 Å². The second kappa shape index (κ2) is 7.37. The van der Waals surface area contributed by atoms with Crippen molar-refractivity contribution in [2.24, 2.45) is 5.10 Å². The fourth-order valence-corrected chi connectivity index (χ4v) is 3.96. The Bertz CT molecular complexity index is 1360. The summed E-state index contributed by atoms with van der Waals surface area (Å²) in [5, 5.41) is 23.6. The molecule has 3 rings (SSSR count). The highest BCUT2D eigenvalue weighted by Crippen LogP contribution is 2.34. The first kappa shape index (κ1) is 21.7. The molecular formula is C16H11ClN2O9S2. The summed E-state index contributed by atoms with van der Waals surface area (Å²) in [4.78, 5) is 11.0. The molecular weight excluding hydrogens is 464 g/mol. The van der Waals surface area contributed by atoms with Crippen molar-refractivity contribution in [2.45, 2.75) is 4.90 Å². The lowest BCUT2D eigenvalue weighted by atomic mass is 9.94. The molecule has 0 unspecified atom stereocenters. The number of benzene rings is 2. The maximum atomic E-state index is 12.8. The van der Waals surface area contributed by atoms with Gasteiger partial charge in [-0.2, -0.15) is 21.9 Å². The molecule has 0 bridgehead atoms. The summed E-state index contributed by atoms with van der Waals surface area (Å²) in [6.07, 6.45) is 0.693. The fourth-order valence-electron chi connectivity index (χ4n) is 2.59. The molecule has 2 aromatic rings. The Kier molecular flexibility index (Phi) is 5.34. The van der Waals surface area contributed by atoms with Gasteiger partial charge in [0.25, 0.3) is 20.2 Å². The van der Waals surface area contributed by atoms with Crippen molar-refractivity contribution in [3.63, 3.8) is 0 Å². The third-order valence-corrected chi connectivity index (χ3v) is 5.84. The quantitative estimate of drug-likeness (QED) is 0.248. The Morgan fingerprint density at radius 1 is 0.933 bits per heavy atom. The molecule has 0 radical (unpaired) electrons. The van der Waals surface area contributed by atoms with Crippen LogP contribution in [0.15, 0.2) is 45.2 Å². The Hall–Kier alpha value is -2.97. The van der Waals surface area contributed by atoms with Crippen LogP contribution in [0.4, 0.5) is 5.69 Å². The number of nitrogens with one attached hydrogen (secondary N) is 1. The first-order valence-corrected chi connectivity index (χ1v) is 11.0. The van der Waals surface area contributed by atoms with E-state index in [0.717, 1.165) is 6.07 Å². The minimum Gasteiger partial charge on any atom is -0.507 e. The van der Waals surface area contributed by atoms with Gasteiger partial charge in [-0.15, -0.1) is 0 Å². The monoisotopic (exact) mass is 474 g/mol. The van der Waals surface area contributed by atoms with Crippen LogP contribution in [0.2, 0.25) is 5.02 Å². The number of Topliss-reactive ketones (excluding diaryl/α,β-unsaturated/α-hetero) is 1. The number of rotatable bonds is 4. The van der Waals surface area contributed by atoms with Crippen molar-refractivity contribution >= 4 is 55.1 Å². The standard InChI is InChI=1S/C16H11ClN2O9S2/c17-8-1-2-11(20)10(5-8)18-19-15-13(30(26,27)28)4-7-3-9(29(23,24)25)6-12(21)14(7)16(15)22/h1-6,18,20-21H,(H,23,24,25)(H,26,27,28). The topological polar surface area (TPSA) is 191 Å². The van der Waals surface area contributed by atoms with Gasteiger partial charge in [0.05, 0.1) is 16.1 Å². The van der Waals surface area contributed by atoms with E-state index in [1.54, 1.807) is 0 Å². The van der Waals surface area contributed by atoms with Gasteiger partial charge >= 0.3 is 0 Å². The number of allylic oxidation sites excluding steroid dienone is 1. The minimum atomic E-state index is -5.05. The predicted octanol–water partition coefficient (Wildman–Crippen LogP) is 1.89. The maximum absolute atomic E-state index is 12.8. The fraction of sp³-hybridized carbons (Fsp3) is 0. The Labute approximate surface area is 174 Å². The summed E-state index contributed by atoms with van der Waals surface area (Å²) in [6.45, 7) is 0. The number of hydrogen-bond donors (Lipinski definition) is 5. The van der Waals surface area contributed by atoms with Gasteiger partial charge in [-0.1, -0.05) is 11.6 Å². The van der Waals surface area contributed by atoms with Crippen LogP contribution in [-0.4, -0.2) is 47.6 Å². The second-order valence-electron chi connectivity index (χ2n) is 5.93. The molecule has 1 aliphatic rings. The zero-order chi connectivity index (χ0) is 22.4. The molecule has 1 aliphatic carbocycles. The number of phenolic OH excluding ortho intramolecular Hbond substituents is 2. The van der Waals surface area contributed by atoms with Crippen LogP contribution >= 0.6 is 11.6 Å². The molecule has 0 heterocycles. The van der Waals surface area contributed by atoms with Crippen molar-refractivity contribution in [2.75, 3.05) is 5.43 Å². The molecule has 0 spiro atoms. The number of carbonyl (C=O) groups is 1. The van der Waals surface area contributed by atoms with Crippen LogP contribution in [0.3, 0.4) is 0 Å². The average Bonchev–Trinajstić information content (AvgIpc) is 2.61. The number of anilines is 1. The van der Waals surface area contributed by atoms with E-state index in [1.165, 1.54) is 18.2 Å². The number of ketones is 1. The highest BCUT2D eigenvalue weighted by molar-refractivity contribution is 7.91. The van der Waals surface area contributed by atoms with Crippen molar-refractivity contribution in [1.29, 1.82) is 0 Å². The van der Waals surface area contributed by atoms with Crippen molar-refractivity contribution in [1.82, 2.24) is 0 Å². The number of carbonyl (C=O) groups excluding carboxylic acids is 1. The smallest absolute Gasteiger partial charge is 0.296 e. The molecule has 0 aromatic heterocycles. The summed E-state index contributed by atoms with van der Waals surface area (Å²) < 4.78 is 64.8. The lowest BCUT2D eigenvalue weighted by Gasteiger charge is -2.18. The molecule has 0 saturated carbocycles. The first-order chi connectivity index (χ1) is 13.8. The Morgan fingerprint density at radius 2 is 1.60 bits per heavy atom. The van der Waals surface area contributed by atoms with Crippen LogP contribution < -0.4 is 5.43 Å². The number of hydrazone groups is 1. The number of aromatic hydroxyl groups is 2. The summed E-state index contributed by atoms with van der Waals surface area (Å²) in [5.74, 6) is -2.41. The van der Waals surface area contributed by atoms with E-state index in [4.69, 9.17) is 16.2 Å². The molecule has 30 heavy (non-hydrogen) atoms. The van der Waals surface area contributed by atoms with Gasteiger partial charge in [0.15, 0.2) is 5.71 Å². The lowest BCUT2D eigenvalue weighted by Crippen LogP contribution is -2.27. The summed E-state index contributed by atoms with van der Waals surface area (Å²) in [5.41, 5.74) is 0.355. The predicted molar refractivity (Wildman–Crippen MR) is 106 cm³/mol. The molecule has 14 heteroatoms. The molecule has 0 aliphatic heterocycles.